The molecule has 1 saturated heterocycles. The molecule has 0 spiro atoms. The monoisotopic (exact) mass is 168 g/mol. The standard InChI is InChI=1S/C10H20N2/c1-9(5-6-11)8-10-4-3-7-12(10)2/h10H,1,3-8,11H2,2H3. The Balaban J connectivity index is 2.25. The quantitative estimate of drug-likeness (QED) is 0.642. The highest BCUT2D eigenvalue weighted by Gasteiger charge is 2.20. The normalized spacial score (nSPS) is 24.7. The second-order valence-corrected chi connectivity index (χ2v) is 3.77. The van der Waals surface area contributed by atoms with E-state index < -0.39 is 0 Å². The second-order valence-electron chi connectivity index (χ2n) is 3.77. The van der Waals surface area contributed by atoms with Gasteiger partial charge in [0.2, 0.25) is 0 Å². The van der Waals surface area contributed by atoms with E-state index in [1.54, 1.807) is 0 Å². The van der Waals surface area contributed by atoms with Gasteiger partial charge in [-0.1, -0.05) is 12.2 Å². The Morgan fingerprint density at radius 3 is 2.92 bits per heavy atom. The molecule has 0 saturated carbocycles. The zero-order valence-corrected chi connectivity index (χ0v) is 8.05. The van der Waals surface area contributed by atoms with Crippen LogP contribution < -0.4 is 5.73 Å². The van der Waals surface area contributed by atoms with Crippen molar-refractivity contribution in [3.05, 3.63) is 12.2 Å². The summed E-state index contributed by atoms with van der Waals surface area (Å²) < 4.78 is 0. The van der Waals surface area contributed by atoms with E-state index in [0.29, 0.717) is 0 Å². The van der Waals surface area contributed by atoms with Crippen LogP contribution in [0.2, 0.25) is 0 Å². The van der Waals surface area contributed by atoms with Crippen LogP contribution in [0, 0.1) is 0 Å². The number of nitrogens with zero attached hydrogens (tertiary/aromatic N) is 1. The molecule has 0 aromatic rings. The zero-order chi connectivity index (χ0) is 8.97. The van der Waals surface area contributed by atoms with Crippen LogP contribution in [0.15, 0.2) is 12.2 Å². The molecule has 0 aromatic heterocycles. The molecule has 12 heavy (non-hydrogen) atoms. The molecule has 1 aliphatic rings. The molecule has 1 unspecified atom stereocenters. The number of likely N-dealkylation sites (tertiary alicyclic amines) is 1. The minimum atomic E-state index is 0.740. The Morgan fingerprint density at radius 1 is 1.67 bits per heavy atom. The maximum Gasteiger partial charge on any atom is 0.0130 e. The maximum atomic E-state index is 5.46. The van der Waals surface area contributed by atoms with Gasteiger partial charge in [-0.2, -0.15) is 0 Å². The average molecular weight is 168 g/mol. The third-order valence-electron chi connectivity index (χ3n) is 2.69. The molecule has 0 aliphatic carbocycles. The van der Waals surface area contributed by atoms with E-state index in [1.807, 2.05) is 0 Å². The van der Waals surface area contributed by atoms with Gasteiger partial charge in [-0.3, -0.25) is 0 Å². The summed E-state index contributed by atoms with van der Waals surface area (Å²) in [6.45, 7) is 6.03. The number of rotatable bonds is 4. The topological polar surface area (TPSA) is 29.3 Å². The third kappa shape index (κ3) is 2.61. The first-order valence-electron chi connectivity index (χ1n) is 4.81. The molecule has 1 fully saturated rings. The van der Waals surface area contributed by atoms with Gasteiger partial charge in [0, 0.05) is 6.04 Å². The fraction of sp³-hybridized carbons (Fsp3) is 0.800. The molecular weight excluding hydrogens is 148 g/mol. The third-order valence-corrected chi connectivity index (χ3v) is 2.69. The molecule has 0 radical (unpaired) electrons. The summed E-state index contributed by atoms with van der Waals surface area (Å²) in [5, 5.41) is 0. The summed E-state index contributed by atoms with van der Waals surface area (Å²) in [6.07, 6.45) is 4.81. The van der Waals surface area contributed by atoms with Crippen molar-refractivity contribution in [3.63, 3.8) is 0 Å². The lowest BCUT2D eigenvalue weighted by molar-refractivity contribution is 0.307. The van der Waals surface area contributed by atoms with Gasteiger partial charge in [0.05, 0.1) is 0 Å². The van der Waals surface area contributed by atoms with E-state index in [9.17, 15) is 0 Å². The molecule has 2 heteroatoms. The van der Waals surface area contributed by atoms with Crippen molar-refractivity contribution in [3.8, 4) is 0 Å². The van der Waals surface area contributed by atoms with E-state index in [-0.39, 0.29) is 0 Å². The van der Waals surface area contributed by atoms with Crippen molar-refractivity contribution in [2.45, 2.75) is 31.7 Å². The Bertz CT molecular complexity index is 154. The molecule has 1 rings (SSSR count). The lowest BCUT2D eigenvalue weighted by atomic mass is 10.0. The van der Waals surface area contributed by atoms with Crippen LogP contribution in [0.5, 0.6) is 0 Å². The summed E-state index contributed by atoms with van der Waals surface area (Å²) >= 11 is 0. The minimum Gasteiger partial charge on any atom is -0.330 e. The first kappa shape index (κ1) is 9.75. The fourth-order valence-electron chi connectivity index (χ4n) is 1.88. The SMILES string of the molecule is C=C(CCN)CC1CCCN1C. The van der Waals surface area contributed by atoms with Crippen LogP contribution in [0.25, 0.3) is 0 Å². The number of nitrogens with two attached hydrogens (primary N) is 1. The summed E-state index contributed by atoms with van der Waals surface area (Å²) in [5.74, 6) is 0. The van der Waals surface area contributed by atoms with Crippen molar-refractivity contribution >= 4 is 0 Å². The van der Waals surface area contributed by atoms with Crippen LogP contribution in [0.1, 0.15) is 25.7 Å². The summed E-state index contributed by atoms with van der Waals surface area (Å²) in [6, 6.07) is 0.740. The molecule has 1 aliphatic heterocycles. The first-order chi connectivity index (χ1) is 5.74. The Kier molecular flexibility index (Phi) is 3.76. The van der Waals surface area contributed by atoms with Gasteiger partial charge in [-0.05, 0) is 45.8 Å². The van der Waals surface area contributed by atoms with E-state index in [4.69, 9.17) is 5.73 Å². The van der Waals surface area contributed by atoms with Crippen molar-refractivity contribution < 1.29 is 0 Å². The van der Waals surface area contributed by atoms with Crippen LogP contribution in [0.4, 0.5) is 0 Å². The van der Waals surface area contributed by atoms with E-state index in [2.05, 4.69) is 18.5 Å². The zero-order valence-electron chi connectivity index (χ0n) is 8.05. The van der Waals surface area contributed by atoms with Gasteiger partial charge in [0.25, 0.3) is 0 Å². The summed E-state index contributed by atoms with van der Waals surface area (Å²) in [7, 11) is 2.20. The smallest absolute Gasteiger partial charge is 0.0130 e. The van der Waals surface area contributed by atoms with Gasteiger partial charge >= 0.3 is 0 Å². The minimum absolute atomic E-state index is 0.740. The average Bonchev–Trinajstić information content (AvgIpc) is 2.37. The molecular formula is C10H20N2. The van der Waals surface area contributed by atoms with Gasteiger partial charge in [-0.25, -0.2) is 0 Å². The first-order valence-corrected chi connectivity index (χ1v) is 4.81. The molecule has 2 N–H and O–H groups in total. The number of hydrogen-bond acceptors (Lipinski definition) is 2. The van der Waals surface area contributed by atoms with E-state index in [1.165, 1.54) is 25.0 Å². The lowest BCUT2D eigenvalue weighted by Gasteiger charge is -2.20. The molecule has 1 heterocycles. The van der Waals surface area contributed by atoms with Crippen molar-refractivity contribution in [2.75, 3.05) is 20.1 Å². The molecule has 0 bridgehead atoms. The Labute approximate surface area is 75.4 Å². The van der Waals surface area contributed by atoms with Crippen molar-refractivity contribution in [2.24, 2.45) is 5.73 Å². The highest BCUT2D eigenvalue weighted by atomic mass is 15.1. The van der Waals surface area contributed by atoms with Gasteiger partial charge in [0.1, 0.15) is 0 Å². The number of hydrogen-bond donors (Lipinski definition) is 1. The van der Waals surface area contributed by atoms with Gasteiger partial charge in [-0.15, -0.1) is 0 Å². The van der Waals surface area contributed by atoms with E-state index in [0.717, 1.165) is 25.4 Å². The Morgan fingerprint density at radius 2 is 2.42 bits per heavy atom. The molecule has 0 aromatic carbocycles. The van der Waals surface area contributed by atoms with Gasteiger partial charge < -0.3 is 10.6 Å². The summed E-state index contributed by atoms with van der Waals surface area (Å²) in [4.78, 5) is 2.43. The summed E-state index contributed by atoms with van der Waals surface area (Å²) in [5.41, 5.74) is 6.78. The molecule has 1 atom stereocenters. The maximum absolute atomic E-state index is 5.46. The fourth-order valence-corrected chi connectivity index (χ4v) is 1.88. The van der Waals surface area contributed by atoms with Crippen LogP contribution in [0.3, 0.4) is 0 Å². The molecule has 0 amide bonds. The highest BCUT2D eigenvalue weighted by molar-refractivity contribution is 4.99. The van der Waals surface area contributed by atoms with Crippen molar-refractivity contribution in [1.82, 2.24) is 4.90 Å². The van der Waals surface area contributed by atoms with Crippen LogP contribution in [-0.2, 0) is 0 Å². The lowest BCUT2D eigenvalue weighted by Crippen LogP contribution is -2.25. The van der Waals surface area contributed by atoms with Crippen LogP contribution >= 0.6 is 0 Å². The predicted molar refractivity (Wildman–Crippen MR) is 53.1 cm³/mol. The predicted octanol–water partition coefficient (Wildman–Crippen LogP) is 1.38. The Hall–Kier alpha value is -0.340. The molecule has 70 valence electrons. The largest absolute Gasteiger partial charge is 0.330 e. The molecule has 2 nitrogen and oxygen atoms in total. The van der Waals surface area contributed by atoms with E-state index >= 15 is 0 Å². The van der Waals surface area contributed by atoms with Crippen molar-refractivity contribution in [1.29, 1.82) is 0 Å². The second kappa shape index (κ2) is 4.63. The van der Waals surface area contributed by atoms with Crippen LogP contribution in [-0.4, -0.2) is 31.1 Å². The highest BCUT2D eigenvalue weighted by Crippen LogP contribution is 2.21. The van der Waals surface area contributed by atoms with Gasteiger partial charge in [0.15, 0.2) is 0 Å².